The van der Waals surface area contributed by atoms with Crippen LogP contribution in [0.3, 0.4) is 0 Å². The number of hydrogen-bond donors (Lipinski definition) is 3. The van der Waals surface area contributed by atoms with Crippen molar-refractivity contribution >= 4 is 11.6 Å². The molecule has 3 N–H and O–H groups in total. The standard InChI is InChI=1S/C13H17N5O/c1-10(19)17-12-5-3-2-4-11(12)8-14-7-6-13-15-9-16-18-13/h2-5,9,14H,6-8H2,1H3,(H,17,19)(H,15,16,18). The zero-order valence-electron chi connectivity index (χ0n) is 10.8. The van der Waals surface area contributed by atoms with Crippen molar-refractivity contribution in [3.63, 3.8) is 0 Å². The van der Waals surface area contributed by atoms with Crippen LogP contribution in [-0.2, 0) is 17.8 Å². The molecule has 1 amide bonds. The Morgan fingerprint density at radius 1 is 1.37 bits per heavy atom. The Morgan fingerprint density at radius 2 is 2.21 bits per heavy atom. The van der Waals surface area contributed by atoms with Crippen molar-refractivity contribution in [3.05, 3.63) is 42.0 Å². The lowest BCUT2D eigenvalue weighted by atomic mass is 10.1. The highest BCUT2D eigenvalue weighted by Crippen LogP contribution is 2.14. The van der Waals surface area contributed by atoms with Crippen LogP contribution in [0.1, 0.15) is 18.3 Å². The molecular weight excluding hydrogens is 242 g/mol. The summed E-state index contributed by atoms with van der Waals surface area (Å²) >= 11 is 0. The van der Waals surface area contributed by atoms with Gasteiger partial charge in [0, 0.05) is 32.1 Å². The van der Waals surface area contributed by atoms with E-state index in [9.17, 15) is 4.79 Å². The number of hydrogen-bond acceptors (Lipinski definition) is 4. The molecule has 0 bridgehead atoms. The number of benzene rings is 1. The first-order chi connectivity index (χ1) is 9.25. The van der Waals surface area contributed by atoms with Crippen LogP contribution in [0.4, 0.5) is 5.69 Å². The molecule has 0 radical (unpaired) electrons. The van der Waals surface area contributed by atoms with Crippen molar-refractivity contribution in [2.45, 2.75) is 19.9 Å². The van der Waals surface area contributed by atoms with Crippen LogP contribution in [-0.4, -0.2) is 27.6 Å². The van der Waals surface area contributed by atoms with Crippen LogP contribution in [0.15, 0.2) is 30.6 Å². The molecule has 0 saturated carbocycles. The van der Waals surface area contributed by atoms with Gasteiger partial charge in [0.15, 0.2) is 0 Å². The van der Waals surface area contributed by atoms with Gasteiger partial charge in [-0.1, -0.05) is 18.2 Å². The summed E-state index contributed by atoms with van der Waals surface area (Å²) < 4.78 is 0. The van der Waals surface area contributed by atoms with Gasteiger partial charge in [0.1, 0.15) is 12.2 Å². The number of amides is 1. The number of carbonyl (C=O) groups excluding carboxylic acids is 1. The molecule has 0 fully saturated rings. The lowest BCUT2D eigenvalue weighted by molar-refractivity contribution is -0.114. The van der Waals surface area contributed by atoms with Crippen LogP contribution in [0.25, 0.3) is 0 Å². The normalized spacial score (nSPS) is 10.4. The first-order valence-electron chi connectivity index (χ1n) is 6.16. The van der Waals surface area contributed by atoms with Crippen molar-refractivity contribution in [1.29, 1.82) is 0 Å². The Hall–Kier alpha value is -2.21. The van der Waals surface area contributed by atoms with Crippen molar-refractivity contribution in [3.8, 4) is 0 Å². The molecule has 1 aromatic heterocycles. The fourth-order valence-corrected chi connectivity index (χ4v) is 1.77. The van der Waals surface area contributed by atoms with E-state index in [4.69, 9.17) is 0 Å². The van der Waals surface area contributed by atoms with E-state index in [0.29, 0.717) is 6.54 Å². The van der Waals surface area contributed by atoms with Crippen molar-refractivity contribution in [2.24, 2.45) is 0 Å². The topological polar surface area (TPSA) is 82.7 Å². The number of aromatic amines is 1. The molecule has 2 rings (SSSR count). The first-order valence-corrected chi connectivity index (χ1v) is 6.16. The van der Waals surface area contributed by atoms with E-state index in [0.717, 1.165) is 30.0 Å². The maximum absolute atomic E-state index is 11.1. The fourth-order valence-electron chi connectivity index (χ4n) is 1.77. The second kappa shape index (κ2) is 6.65. The monoisotopic (exact) mass is 259 g/mol. The molecule has 0 aliphatic heterocycles. The third-order valence-electron chi connectivity index (χ3n) is 2.65. The van der Waals surface area contributed by atoms with Crippen LogP contribution in [0.2, 0.25) is 0 Å². The highest BCUT2D eigenvalue weighted by Gasteiger charge is 2.03. The zero-order chi connectivity index (χ0) is 13.5. The molecule has 0 unspecified atom stereocenters. The third-order valence-corrected chi connectivity index (χ3v) is 2.65. The average molecular weight is 259 g/mol. The molecule has 19 heavy (non-hydrogen) atoms. The van der Waals surface area contributed by atoms with Gasteiger partial charge in [0.2, 0.25) is 5.91 Å². The summed E-state index contributed by atoms with van der Waals surface area (Å²) in [5, 5.41) is 12.7. The number of carbonyl (C=O) groups is 1. The van der Waals surface area contributed by atoms with Gasteiger partial charge < -0.3 is 10.6 Å². The predicted molar refractivity (Wildman–Crippen MR) is 72.5 cm³/mol. The Morgan fingerprint density at radius 3 is 2.95 bits per heavy atom. The quantitative estimate of drug-likeness (QED) is 0.678. The third kappa shape index (κ3) is 4.18. The molecule has 6 nitrogen and oxygen atoms in total. The Labute approximate surface area is 111 Å². The molecule has 0 aliphatic carbocycles. The van der Waals surface area contributed by atoms with E-state index in [1.54, 1.807) is 0 Å². The smallest absolute Gasteiger partial charge is 0.221 e. The van der Waals surface area contributed by atoms with E-state index in [1.807, 2.05) is 24.3 Å². The van der Waals surface area contributed by atoms with Gasteiger partial charge in [-0.2, -0.15) is 5.10 Å². The molecular formula is C13H17N5O. The van der Waals surface area contributed by atoms with Gasteiger partial charge in [-0.15, -0.1) is 0 Å². The number of para-hydroxylation sites is 1. The van der Waals surface area contributed by atoms with Gasteiger partial charge in [-0.25, -0.2) is 4.98 Å². The van der Waals surface area contributed by atoms with Crippen LogP contribution in [0, 0.1) is 0 Å². The molecule has 0 saturated heterocycles. The Kier molecular flexibility index (Phi) is 4.63. The average Bonchev–Trinajstić information content (AvgIpc) is 2.89. The number of nitrogens with zero attached hydrogens (tertiary/aromatic N) is 2. The number of nitrogens with one attached hydrogen (secondary N) is 3. The van der Waals surface area contributed by atoms with E-state index in [1.165, 1.54) is 13.3 Å². The van der Waals surface area contributed by atoms with Gasteiger partial charge >= 0.3 is 0 Å². The SMILES string of the molecule is CC(=O)Nc1ccccc1CNCCc1ncn[nH]1. The summed E-state index contributed by atoms with van der Waals surface area (Å²) in [5.74, 6) is 0.803. The minimum Gasteiger partial charge on any atom is -0.326 e. The number of H-pyrrole nitrogens is 1. The predicted octanol–water partition coefficient (Wildman–Crippen LogP) is 1.10. The van der Waals surface area contributed by atoms with E-state index in [2.05, 4.69) is 25.8 Å². The molecule has 0 spiro atoms. The summed E-state index contributed by atoms with van der Waals surface area (Å²) in [7, 11) is 0. The Balaban J connectivity index is 1.83. The molecule has 1 aromatic carbocycles. The maximum Gasteiger partial charge on any atom is 0.221 e. The summed E-state index contributed by atoms with van der Waals surface area (Å²) in [4.78, 5) is 15.2. The molecule has 100 valence electrons. The van der Waals surface area contributed by atoms with Crippen LogP contribution >= 0.6 is 0 Å². The molecule has 2 aromatic rings. The molecule has 0 atom stereocenters. The maximum atomic E-state index is 11.1. The summed E-state index contributed by atoms with van der Waals surface area (Å²) in [6, 6.07) is 7.75. The van der Waals surface area contributed by atoms with Crippen molar-refractivity contribution in [2.75, 3.05) is 11.9 Å². The first kappa shape index (κ1) is 13.2. The highest BCUT2D eigenvalue weighted by atomic mass is 16.1. The fraction of sp³-hybridized carbons (Fsp3) is 0.308. The molecule has 6 heteroatoms. The van der Waals surface area contributed by atoms with Gasteiger partial charge in [0.25, 0.3) is 0 Å². The van der Waals surface area contributed by atoms with Crippen molar-refractivity contribution < 1.29 is 4.79 Å². The number of rotatable bonds is 6. The zero-order valence-corrected chi connectivity index (χ0v) is 10.8. The highest BCUT2D eigenvalue weighted by molar-refractivity contribution is 5.89. The lowest BCUT2D eigenvalue weighted by Crippen LogP contribution is -2.18. The minimum atomic E-state index is -0.0610. The lowest BCUT2D eigenvalue weighted by Gasteiger charge is -2.10. The van der Waals surface area contributed by atoms with E-state index < -0.39 is 0 Å². The second-order valence-corrected chi connectivity index (χ2v) is 4.20. The largest absolute Gasteiger partial charge is 0.326 e. The van der Waals surface area contributed by atoms with Gasteiger partial charge in [-0.05, 0) is 11.6 Å². The van der Waals surface area contributed by atoms with Gasteiger partial charge in [0.05, 0.1) is 0 Å². The minimum absolute atomic E-state index is 0.0610. The van der Waals surface area contributed by atoms with Crippen LogP contribution < -0.4 is 10.6 Å². The summed E-state index contributed by atoms with van der Waals surface area (Å²) in [6.07, 6.45) is 2.30. The van der Waals surface area contributed by atoms with Gasteiger partial charge in [-0.3, -0.25) is 9.89 Å². The summed E-state index contributed by atoms with van der Waals surface area (Å²) in [5.41, 5.74) is 1.91. The second-order valence-electron chi connectivity index (χ2n) is 4.20. The van der Waals surface area contributed by atoms with E-state index in [-0.39, 0.29) is 5.91 Å². The number of anilines is 1. The van der Waals surface area contributed by atoms with Crippen molar-refractivity contribution in [1.82, 2.24) is 20.5 Å². The Bertz CT molecular complexity index is 524. The van der Waals surface area contributed by atoms with E-state index >= 15 is 0 Å². The molecule has 1 heterocycles. The van der Waals surface area contributed by atoms with Crippen LogP contribution in [0.5, 0.6) is 0 Å². The summed E-state index contributed by atoms with van der Waals surface area (Å²) in [6.45, 7) is 3.00. The number of aromatic nitrogens is 3. The molecule has 0 aliphatic rings.